The number of rotatable bonds is 5. The Kier molecular flexibility index (Phi) is 5.18. The standard InChI is InChI=1S/C12H15F3N2O3/c1-7(2)9(11(19)16-6-12(13,14)15)17-10(18)8-4-3-5-20-8/h3-5,7,9H,6H2,1-2H3,(H,16,19)(H,17,18)/t9-/m0/s1. The minimum Gasteiger partial charge on any atom is -0.459 e. The van der Waals surface area contributed by atoms with Gasteiger partial charge in [0.15, 0.2) is 5.76 Å². The van der Waals surface area contributed by atoms with Crippen LogP contribution in [0.2, 0.25) is 0 Å². The van der Waals surface area contributed by atoms with Crippen LogP contribution in [0.5, 0.6) is 0 Å². The van der Waals surface area contributed by atoms with Crippen molar-refractivity contribution in [2.24, 2.45) is 5.92 Å². The molecule has 5 nitrogen and oxygen atoms in total. The number of hydrogen-bond donors (Lipinski definition) is 2. The highest BCUT2D eigenvalue weighted by Crippen LogP contribution is 2.13. The Morgan fingerprint density at radius 2 is 2.00 bits per heavy atom. The fourth-order valence-electron chi connectivity index (χ4n) is 1.45. The lowest BCUT2D eigenvalue weighted by Gasteiger charge is -2.21. The van der Waals surface area contributed by atoms with Gasteiger partial charge in [0, 0.05) is 0 Å². The lowest BCUT2D eigenvalue weighted by atomic mass is 10.0. The number of nitrogens with one attached hydrogen (secondary N) is 2. The zero-order chi connectivity index (χ0) is 15.3. The Hall–Kier alpha value is -1.99. The van der Waals surface area contributed by atoms with Crippen LogP contribution in [-0.4, -0.2) is 30.6 Å². The number of amides is 2. The highest BCUT2D eigenvalue weighted by molar-refractivity contribution is 5.95. The predicted octanol–water partition coefficient (Wildman–Crippen LogP) is 1.71. The average Bonchev–Trinajstić information content (AvgIpc) is 2.85. The maximum absolute atomic E-state index is 12.0. The van der Waals surface area contributed by atoms with Crippen molar-refractivity contribution in [3.8, 4) is 0 Å². The van der Waals surface area contributed by atoms with Gasteiger partial charge in [0.05, 0.1) is 6.26 Å². The zero-order valence-electron chi connectivity index (χ0n) is 11.0. The summed E-state index contributed by atoms with van der Waals surface area (Å²) in [7, 11) is 0. The summed E-state index contributed by atoms with van der Waals surface area (Å²) in [6.07, 6.45) is -3.22. The lowest BCUT2D eigenvalue weighted by Crippen LogP contribution is -2.51. The largest absolute Gasteiger partial charge is 0.459 e. The van der Waals surface area contributed by atoms with Crippen LogP contribution in [0.3, 0.4) is 0 Å². The van der Waals surface area contributed by atoms with Gasteiger partial charge < -0.3 is 15.1 Å². The molecule has 0 unspecified atom stereocenters. The maximum Gasteiger partial charge on any atom is 0.405 e. The molecule has 1 rings (SSSR count). The van der Waals surface area contributed by atoms with Gasteiger partial charge in [-0.1, -0.05) is 13.8 Å². The number of alkyl halides is 3. The van der Waals surface area contributed by atoms with E-state index in [2.05, 4.69) is 5.32 Å². The molecule has 0 aliphatic heterocycles. The van der Waals surface area contributed by atoms with Crippen molar-refractivity contribution in [3.63, 3.8) is 0 Å². The summed E-state index contributed by atoms with van der Waals surface area (Å²) in [4.78, 5) is 23.4. The second kappa shape index (κ2) is 6.44. The van der Waals surface area contributed by atoms with Crippen LogP contribution in [0.4, 0.5) is 13.2 Å². The summed E-state index contributed by atoms with van der Waals surface area (Å²) < 4.78 is 41.0. The van der Waals surface area contributed by atoms with Crippen LogP contribution in [0.25, 0.3) is 0 Å². The van der Waals surface area contributed by atoms with E-state index in [4.69, 9.17) is 4.42 Å². The van der Waals surface area contributed by atoms with E-state index in [1.54, 1.807) is 19.2 Å². The molecule has 0 spiro atoms. The molecule has 112 valence electrons. The third-order valence-corrected chi connectivity index (χ3v) is 2.44. The maximum atomic E-state index is 12.0. The molecule has 2 amide bonds. The quantitative estimate of drug-likeness (QED) is 0.868. The van der Waals surface area contributed by atoms with E-state index < -0.39 is 30.6 Å². The van der Waals surface area contributed by atoms with Gasteiger partial charge in [-0.25, -0.2) is 0 Å². The van der Waals surface area contributed by atoms with Gasteiger partial charge in [-0.2, -0.15) is 13.2 Å². The van der Waals surface area contributed by atoms with Gasteiger partial charge in [0.1, 0.15) is 12.6 Å². The predicted molar refractivity (Wildman–Crippen MR) is 63.9 cm³/mol. The summed E-state index contributed by atoms with van der Waals surface area (Å²) in [5, 5.41) is 4.09. The van der Waals surface area contributed by atoms with Gasteiger partial charge in [0.2, 0.25) is 5.91 Å². The van der Waals surface area contributed by atoms with Crippen LogP contribution in [0.1, 0.15) is 24.4 Å². The van der Waals surface area contributed by atoms with Gasteiger partial charge >= 0.3 is 6.18 Å². The first kappa shape index (κ1) is 16.1. The second-order valence-corrected chi connectivity index (χ2v) is 4.51. The minimum absolute atomic E-state index is 0.0146. The molecule has 20 heavy (non-hydrogen) atoms. The van der Waals surface area contributed by atoms with Crippen molar-refractivity contribution in [3.05, 3.63) is 24.2 Å². The van der Waals surface area contributed by atoms with E-state index in [9.17, 15) is 22.8 Å². The Balaban J connectivity index is 2.65. The van der Waals surface area contributed by atoms with Crippen molar-refractivity contribution >= 4 is 11.8 Å². The number of carbonyl (C=O) groups excluding carboxylic acids is 2. The van der Waals surface area contributed by atoms with Crippen molar-refractivity contribution in [2.45, 2.75) is 26.1 Å². The van der Waals surface area contributed by atoms with Crippen LogP contribution in [-0.2, 0) is 4.79 Å². The van der Waals surface area contributed by atoms with Crippen LogP contribution in [0.15, 0.2) is 22.8 Å². The molecular formula is C12H15F3N2O3. The van der Waals surface area contributed by atoms with Crippen molar-refractivity contribution in [1.29, 1.82) is 0 Å². The fraction of sp³-hybridized carbons (Fsp3) is 0.500. The molecule has 1 heterocycles. The number of furan rings is 1. The van der Waals surface area contributed by atoms with Gasteiger partial charge in [0.25, 0.3) is 5.91 Å². The molecule has 1 aromatic heterocycles. The highest BCUT2D eigenvalue weighted by Gasteiger charge is 2.31. The SMILES string of the molecule is CC(C)[C@H](NC(=O)c1ccco1)C(=O)NCC(F)(F)F. The van der Waals surface area contributed by atoms with Gasteiger partial charge in [-0.05, 0) is 18.1 Å². The monoisotopic (exact) mass is 292 g/mol. The van der Waals surface area contributed by atoms with Crippen molar-refractivity contribution in [1.82, 2.24) is 10.6 Å². The van der Waals surface area contributed by atoms with Crippen molar-refractivity contribution in [2.75, 3.05) is 6.54 Å². The molecule has 0 radical (unpaired) electrons. The highest BCUT2D eigenvalue weighted by atomic mass is 19.4. The van der Waals surface area contributed by atoms with E-state index in [0.717, 1.165) is 0 Å². The van der Waals surface area contributed by atoms with Crippen molar-refractivity contribution < 1.29 is 27.2 Å². The summed E-state index contributed by atoms with van der Waals surface area (Å²) in [5.74, 6) is -1.94. The first-order valence-corrected chi connectivity index (χ1v) is 5.89. The minimum atomic E-state index is -4.50. The van der Waals surface area contributed by atoms with E-state index in [-0.39, 0.29) is 11.7 Å². The fourth-order valence-corrected chi connectivity index (χ4v) is 1.45. The van der Waals surface area contributed by atoms with E-state index in [1.165, 1.54) is 18.4 Å². The summed E-state index contributed by atoms with van der Waals surface area (Å²) >= 11 is 0. The topological polar surface area (TPSA) is 71.3 Å². The molecule has 2 N–H and O–H groups in total. The Morgan fingerprint density at radius 1 is 1.35 bits per heavy atom. The molecule has 0 aliphatic rings. The van der Waals surface area contributed by atoms with E-state index in [0.29, 0.717) is 0 Å². The Labute approximate surface area is 113 Å². The molecule has 0 aliphatic carbocycles. The van der Waals surface area contributed by atoms with Gasteiger partial charge in [-0.3, -0.25) is 9.59 Å². The molecule has 0 saturated carbocycles. The third kappa shape index (κ3) is 4.94. The summed E-state index contributed by atoms with van der Waals surface area (Å²) in [6, 6.07) is 1.80. The Bertz CT molecular complexity index is 455. The van der Waals surface area contributed by atoms with Crippen LogP contribution < -0.4 is 10.6 Å². The zero-order valence-corrected chi connectivity index (χ0v) is 11.0. The van der Waals surface area contributed by atoms with E-state index >= 15 is 0 Å². The average molecular weight is 292 g/mol. The molecule has 0 fully saturated rings. The van der Waals surface area contributed by atoms with E-state index in [1.807, 2.05) is 0 Å². The molecule has 1 aromatic rings. The molecule has 0 aromatic carbocycles. The normalized spacial score (nSPS) is 13.1. The lowest BCUT2D eigenvalue weighted by molar-refractivity contribution is -0.140. The summed E-state index contributed by atoms with van der Waals surface area (Å²) in [6.45, 7) is 1.78. The molecule has 0 bridgehead atoms. The first-order chi connectivity index (χ1) is 9.20. The molecule has 1 atom stereocenters. The molecule has 8 heteroatoms. The second-order valence-electron chi connectivity index (χ2n) is 4.51. The third-order valence-electron chi connectivity index (χ3n) is 2.44. The van der Waals surface area contributed by atoms with Crippen LogP contribution >= 0.6 is 0 Å². The van der Waals surface area contributed by atoms with Crippen LogP contribution in [0, 0.1) is 5.92 Å². The number of hydrogen-bond acceptors (Lipinski definition) is 3. The number of halogens is 3. The first-order valence-electron chi connectivity index (χ1n) is 5.89. The number of carbonyl (C=O) groups is 2. The molecular weight excluding hydrogens is 277 g/mol. The smallest absolute Gasteiger partial charge is 0.405 e. The summed E-state index contributed by atoms with van der Waals surface area (Å²) in [5.41, 5.74) is 0. The Morgan fingerprint density at radius 3 is 2.45 bits per heavy atom. The molecule has 0 saturated heterocycles. The van der Waals surface area contributed by atoms with Gasteiger partial charge in [-0.15, -0.1) is 0 Å².